The molecule has 1 aromatic carbocycles. The van der Waals surface area contributed by atoms with Gasteiger partial charge in [-0.3, -0.25) is 19.7 Å². The number of hydrogen-bond donors (Lipinski definition) is 1. The summed E-state index contributed by atoms with van der Waals surface area (Å²) >= 11 is 8.89. The SMILES string of the molecule is C=CCc1c(Cl)cc2c(cnn2PI)c1-c1ncc2c(=O)[nH]c(OCC34CCCN3CCC4)nc2c1F. The van der Waals surface area contributed by atoms with E-state index in [1.165, 1.54) is 6.20 Å². The first-order chi connectivity index (χ1) is 18.0. The highest BCUT2D eigenvalue weighted by molar-refractivity contribution is 14.2. The normalized spacial score (nSPS) is 17.4. The van der Waals surface area contributed by atoms with Crippen LogP contribution in [0.1, 0.15) is 31.2 Å². The first kappa shape index (κ1) is 25.2. The van der Waals surface area contributed by atoms with Crippen molar-refractivity contribution in [2.45, 2.75) is 37.6 Å². The summed E-state index contributed by atoms with van der Waals surface area (Å²) in [5.74, 6) is -0.700. The lowest BCUT2D eigenvalue weighted by Gasteiger charge is -2.31. The van der Waals surface area contributed by atoms with Gasteiger partial charge in [0.2, 0.25) is 0 Å². The van der Waals surface area contributed by atoms with Crippen molar-refractivity contribution in [3.63, 3.8) is 0 Å². The Balaban J connectivity index is 1.48. The standard InChI is InChI=1S/C25H24ClFIN6O2P/c1-2-5-14-17(26)10-18-15(12-30-34(18)37-28)19(14)22-20(27)21-16(11-29-22)23(35)32-24(31-21)36-13-25-6-3-8-33(25)9-4-7-25/h2,10-12,37H,1,3-9,13H2,(H,31,32,35). The number of aromatic amines is 1. The third-order valence-corrected chi connectivity index (χ3v) is 9.78. The molecule has 1 N–H and O–H groups in total. The van der Waals surface area contributed by atoms with E-state index in [-0.39, 0.29) is 28.1 Å². The smallest absolute Gasteiger partial charge is 0.297 e. The quantitative estimate of drug-likeness (QED) is 0.158. The van der Waals surface area contributed by atoms with Crippen LogP contribution in [0.4, 0.5) is 4.39 Å². The second-order valence-electron chi connectivity index (χ2n) is 9.54. The molecular weight excluding hydrogens is 629 g/mol. The molecule has 0 bridgehead atoms. The summed E-state index contributed by atoms with van der Waals surface area (Å²) in [7, 11) is 0. The molecule has 2 fully saturated rings. The number of H-pyrrole nitrogens is 1. The number of rotatable bonds is 7. The molecule has 0 spiro atoms. The van der Waals surface area contributed by atoms with E-state index in [9.17, 15) is 4.79 Å². The number of pyridine rings is 1. The number of fused-ring (bicyclic) bond motifs is 3. The van der Waals surface area contributed by atoms with Gasteiger partial charge in [-0.1, -0.05) is 17.7 Å². The van der Waals surface area contributed by atoms with Gasteiger partial charge in [-0.15, -0.1) is 6.58 Å². The maximum atomic E-state index is 16.2. The molecule has 6 rings (SSSR count). The van der Waals surface area contributed by atoms with E-state index in [2.05, 4.69) is 53.6 Å². The third kappa shape index (κ3) is 4.16. The molecule has 8 nitrogen and oxygen atoms in total. The zero-order chi connectivity index (χ0) is 25.7. The lowest BCUT2D eigenvalue weighted by molar-refractivity contribution is 0.107. The van der Waals surface area contributed by atoms with Gasteiger partial charge in [0.1, 0.15) is 17.8 Å². The van der Waals surface area contributed by atoms with Crippen molar-refractivity contribution in [2.75, 3.05) is 19.7 Å². The van der Waals surface area contributed by atoms with Crippen molar-refractivity contribution in [2.24, 2.45) is 0 Å². The molecule has 1 unspecified atom stereocenters. The highest BCUT2D eigenvalue weighted by Crippen LogP contribution is 2.41. The van der Waals surface area contributed by atoms with Gasteiger partial charge in [0.25, 0.3) is 11.6 Å². The number of benzene rings is 1. The molecule has 2 saturated heterocycles. The molecule has 0 saturated carbocycles. The van der Waals surface area contributed by atoms with E-state index < -0.39 is 11.4 Å². The summed E-state index contributed by atoms with van der Waals surface area (Å²) in [6, 6.07) is 1.85. The van der Waals surface area contributed by atoms with Crippen LogP contribution in [-0.2, 0) is 6.42 Å². The van der Waals surface area contributed by atoms with Gasteiger partial charge < -0.3 is 4.74 Å². The zero-order valence-electron chi connectivity index (χ0n) is 19.9. The number of allylic oxidation sites excluding steroid dienone is 1. The van der Waals surface area contributed by atoms with Gasteiger partial charge in [-0.05, 0) is 78.9 Å². The molecule has 2 aliphatic rings. The van der Waals surface area contributed by atoms with E-state index in [1.54, 1.807) is 12.3 Å². The molecule has 2 aliphatic heterocycles. The second kappa shape index (κ2) is 9.87. The Hall–Kier alpha value is -2.14. The van der Waals surface area contributed by atoms with Gasteiger partial charge in [0, 0.05) is 22.2 Å². The predicted octanol–water partition coefficient (Wildman–Crippen LogP) is 5.65. The minimum atomic E-state index is -0.700. The third-order valence-electron chi connectivity index (χ3n) is 7.56. The Morgan fingerprint density at radius 2 is 2.08 bits per heavy atom. The monoisotopic (exact) mass is 652 g/mol. The summed E-state index contributed by atoms with van der Waals surface area (Å²) < 4.78 is 24.0. The van der Waals surface area contributed by atoms with Crippen LogP contribution in [0.15, 0.2) is 35.9 Å². The Kier molecular flexibility index (Phi) is 6.71. The highest BCUT2D eigenvalue weighted by Gasteiger charge is 2.45. The summed E-state index contributed by atoms with van der Waals surface area (Å²) in [5.41, 5.74) is 1.45. The summed E-state index contributed by atoms with van der Waals surface area (Å²) in [5, 5.41) is 5.69. The Bertz CT molecular complexity index is 1600. The van der Waals surface area contributed by atoms with Crippen LogP contribution in [0.3, 0.4) is 0 Å². The second-order valence-corrected chi connectivity index (χ2v) is 12.0. The maximum Gasteiger partial charge on any atom is 0.297 e. The van der Waals surface area contributed by atoms with Crippen molar-refractivity contribution in [1.82, 2.24) is 29.4 Å². The fourth-order valence-electron chi connectivity index (χ4n) is 5.81. The number of nitrogens with zero attached hydrogens (tertiary/aromatic N) is 5. The van der Waals surface area contributed by atoms with Crippen LogP contribution < -0.4 is 10.3 Å². The number of nitrogens with one attached hydrogen (secondary N) is 1. The topological polar surface area (TPSA) is 88.9 Å². The van der Waals surface area contributed by atoms with Gasteiger partial charge in [-0.2, -0.15) is 10.1 Å². The molecule has 12 heteroatoms. The van der Waals surface area contributed by atoms with Gasteiger partial charge in [-0.25, -0.2) is 8.84 Å². The van der Waals surface area contributed by atoms with Gasteiger partial charge >= 0.3 is 0 Å². The molecule has 1 atom stereocenters. The highest BCUT2D eigenvalue weighted by atomic mass is 127. The van der Waals surface area contributed by atoms with Crippen LogP contribution in [0.2, 0.25) is 5.02 Å². The summed E-state index contributed by atoms with van der Waals surface area (Å²) in [6.45, 7) is 6.37. The van der Waals surface area contributed by atoms with E-state index in [1.807, 2.05) is 10.5 Å². The molecule has 37 heavy (non-hydrogen) atoms. The molecule has 0 aliphatic carbocycles. The van der Waals surface area contributed by atoms with Crippen molar-refractivity contribution in [3.05, 3.63) is 57.9 Å². The molecule has 0 radical (unpaired) electrons. The van der Waals surface area contributed by atoms with Crippen LogP contribution in [0, 0.1) is 5.82 Å². The predicted molar refractivity (Wildman–Crippen MR) is 154 cm³/mol. The molecule has 4 aromatic rings. The Morgan fingerprint density at radius 1 is 1.30 bits per heavy atom. The van der Waals surface area contributed by atoms with Crippen molar-refractivity contribution in [3.8, 4) is 17.3 Å². The fourth-order valence-corrected chi connectivity index (χ4v) is 7.62. The van der Waals surface area contributed by atoms with Gasteiger partial charge in [0.15, 0.2) is 5.82 Å². The van der Waals surface area contributed by atoms with Crippen LogP contribution >= 0.6 is 40.0 Å². The lowest BCUT2D eigenvalue weighted by Crippen LogP contribution is -2.43. The average molecular weight is 653 g/mol. The molecular formula is C25H24ClFIN6O2P. The zero-order valence-corrected chi connectivity index (χ0v) is 23.8. The minimum absolute atomic E-state index is 0.0168. The van der Waals surface area contributed by atoms with E-state index in [0.717, 1.165) is 49.7 Å². The van der Waals surface area contributed by atoms with E-state index in [0.29, 0.717) is 35.6 Å². The Morgan fingerprint density at radius 3 is 2.81 bits per heavy atom. The molecule has 3 aromatic heterocycles. The Labute approximate surface area is 232 Å². The minimum Gasteiger partial charge on any atom is -0.463 e. The maximum absolute atomic E-state index is 16.2. The molecule has 5 heterocycles. The van der Waals surface area contributed by atoms with E-state index >= 15 is 4.39 Å². The summed E-state index contributed by atoms with van der Waals surface area (Å²) in [6.07, 6.45) is 9.87. The molecule has 192 valence electrons. The number of hydrogen-bond acceptors (Lipinski definition) is 6. The largest absolute Gasteiger partial charge is 0.463 e. The fraction of sp³-hybridized carbons (Fsp3) is 0.360. The van der Waals surface area contributed by atoms with Crippen molar-refractivity contribution < 1.29 is 9.13 Å². The first-order valence-electron chi connectivity index (χ1n) is 12.1. The number of ether oxygens (including phenoxy) is 1. The molecule has 0 amide bonds. The number of aromatic nitrogens is 5. The van der Waals surface area contributed by atoms with Crippen molar-refractivity contribution >= 4 is 61.8 Å². The summed E-state index contributed by atoms with van der Waals surface area (Å²) in [4.78, 5) is 26.8. The number of halogens is 3. The van der Waals surface area contributed by atoms with Crippen LogP contribution in [-0.4, -0.2) is 54.6 Å². The van der Waals surface area contributed by atoms with Gasteiger partial charge in [0.05, 0.1) is 29.0 Å². The lowest BCUT2D eigenvalue weighted by atomic mass is 9.95. The van der Waals surface area contributed by atoms with Crippen molar-refractivity contribution in [1.29, 1.82) is 0 Å². The van der Waals surface area contributed by atoms with E-state index in [4.69, 9.17) is 16.3 Å². The average Bonchev–Trinajstić information content (AvgIpc) is 3.58. The first-order valence-corrected chi connectivity index (χ1v) is 16.5. The van der Waals surface area contributed by atoms with Crippen LogP contribution in [0.5, 0.6) is 6.01 Å². The van der Waals surface area contributed by atoms with Crippen LogP contribution in [0.25, 0.3) is 33.1 Å².